The second kappa shape index (κ2) is 20.2. The van der Waals surface area contributed by atoms with Gasteiger partial charge >= 0.3 is 0 Å². The highest BCUT2D eigenvalue weighted by molar-refractivity contribution is 6.25. The molecule has 0 amide bonds. The van der Waals surface area contributed by atoms with Crippen LogP contribution in [0.5, 0.6) is 0 Å². The molecule has 0 N–H and O–H groups in total. The number of benzene rings is 16. The fourth-order valence-electron chi connectivity index (χ4n) is 12.7. The van der Waals surface area contributed by atoms with Crippen molar-refractivity contribution >= 4 is 109 Å². The van der Waals surface area contributed by atoms with E-state index in [2.05, 4.69) is 6.07 Å². The molecule has 0 saturated heterocycles. The molecule has 0 unspecified atom stereocenters. The Bertz CT molecular complexity index is 6540. The van der Waals surface area contributed by atoms with E-state index in [9.17, 15) is 11.0 Å². The van der Waals surface area contributed by atoms with Gasteiger partial charge in [-0.25, -0.2) is 0 Å². The molecule has 18 rings (SSSR count). The Labute approximate surface area is 519 Å². The molecule has 16 aromatic carbocycles. The molecule has 0 bridgehead atoms. The van der Waals surface area contributed by atoms with Gasteiger partial charge in [0.1, 0.15) is 22.3 Å². The van der Waals surface area contributed by atoms with Gasteiger partial charge in [-0.05, 0) is 180 Å². The number of hydrogen-bond acceptors (Lipinski definition) is 2. The van der Waals surface area contributed by atoms with Gasteiger partial charge in [0, 0.05) is 21.5 Å². The summed E-state index contributed by atoms with van der Waals surface area (Å²) < 4.78 is 157. The molecule has 18 aromatic rings. The van der Waals surface area contributed by atoms with E-state index in [0.717, 1.165) is 65.3 Å². The zero-order valence-corrected chi connectivity index (χ0v) is 45.6. The lowest BCUT2D eigenvalue weighted by molar-refractivity contribution is 0.668. The first kappa shape index (κ1) is 35.6. The third-order valence-corrected chi connectivity index (χ3v) is 16.6. The second-order valence-corrected chi connectivity index (χ2v) is 21.3. The van der Waals surface area contributed by atoms with E-state index in [1.54, 1.807) is 12.1 Å². The van der Waals surface area contributed by atoms with E-state index in [4.69, 9.17) is 19.8 Å². The van der Waals surface area contributed by atoms with Crippen molar-refractivity contribution in [2.24, 2.45) is 0 Å². The lowest BCUT2D eigenvalue weighted by atomic mass is 9.83. The predicted octanol–water partition coefficient (Wildman–Crippen LogP) is 24.1. The summed E-state index contributed by atoms with van der Waals surface area (Å²) in [4.78, 5) is 0. The summed E-state index contributed by atoms with van der Waals surface area (Å²) in [6.45, 7) is 0. The molecular formula is C84H52O2. The van der Waals surface area contributed by atoms with Crippen molar-refractivity contribution in [3.05, 3.63) is 315 Å². The number of fused-ring (bicyclic) bond motifs is 12. The number of para-hydroxylation sites is 2. The fourth-order valence-corrected chi connectivity index (χ4v) is 12.7. The Balaban J connectivity index is 0.000000152. The van der Waals surface area contributed by atoms with Gasteiger partial charge in [-0.3, -0.25) is 0 Å². The van der Waals surface area contributed by atoms with Crippen LogP contribution < -0.4 is 0 Å². The van der Waals surface area contributed by atoms with Crippen LogP contribution in [-0.4, -0.2) is 0 Å². The van der Waals surface area contributed by atoms with Gasteiger partial charge in [0.25, 0.3) is 0 Å². The maximum atomic E-state index is 9.36. The summed E-state index contributed by atoms with van der Waals surface area (Å²) in [7, 11) is 0. The van der Waals surface area contributed by atoms with Crippen molar-refractivity contribution in [2.45, 2.75) is 0 Å². The lowest BCUT2D eigenvalue weighted by Gasteiger charge is -2.19. The summed E-state index contributed by atoms with van der Waals surface area (Å²) in [5.74, 6) is 0. The number of hydrogen-bond donors (Lipinski definition) is 0. The van der Waals surface area contributed by atoms with Crippen LogP contribution >= 0.6 is 0 Å². The highest BCUT2D eigenvalue weighted by Crippen LogP contribution is 2.49. The standard InChI is InChI=1S/2C42H26O/c1-2-10-27(11-3-1)28-18-19-30-25-31(21-20-29(30)24-28)41-35-13-4-6-15-37(35)42(38-16-7-5-14-36(38)41)32-22-23-34-33-12-8-9-17-39(33)43-40(34)26-32;1-2-12-27(13-3-1)29-24-25-38(31-15-5-4-14-30(29)31)42-36-19-8-6-17-34(36)41(35-18-7-9-20-37(35)42)28-22-23-33-32-16-10-11-21-39(32)43-40(33)26-28/h2*1-26H/i4D,5D,6D,7D,13D,14D,15D,16D;6D,7D,8D,9D,17D,18D,19D,20D. The molecule has 0 aliphatic carbocycles. The molecule has 2 heteroatoms. The maximum Gasteiger partial charge on any atom is 0.136 e. The highest BCUT2D eigenvalue weighted by atomic mass is 16.3. The predicted molar refractivity (Wildman–Crippen MR) is 365 cm³/mol. The average molecular weight is 1110 g/mol. The molecule has 0 radical (unpaired) electrons. The average Bonchev–Trinajstić information content (AvgIpc) is 0.766. The summed E-state index contributed by atoms with van der Waals surface area (Å²) in [5, 5.41) is 8.42. The van der Waals surface area contributed by atoms with Crippen LogP contribution in [0.4, 0.5) is 0 Å². The topological polar surface area (TPSA) is 26.3 Å². The molecule has 2 heterocycles. The third-order valence-electron chi connectivity index (χ3n) is 16.6. The zero-order chi connectivity index (χ0) is 70.6. The summed E-state index contributed by atoms with van der Waals surface area (Å²) in [5.41, 5.74) is 9.92. The minimum absolute atomic E-state index is 0.167. The molecule has 0 spiro atoms. The first-order valence-corrected chi connectivity index (χ1v) is 28.2. The second-order valence-electron chi connectivity index (χ2n) is 21.3. The van der Waals surface area contributed by atoms with E-state index < -0.39 is 48.3 Å². The van der Waals surface area contributed by atoms with Crippen molar-refractivity contribution in [1.29, 1.82) is 0 Å². The first-order valence-electron chi connectivity index (χ1n) is 36.2. The Morgan fingerprint density at radius 2 is 0.523 bits per heavy atom. The van der Waals surface area contributed by atoms with Gasteiger partial charge in [0.2, 0.25) is 0 Å². The van der Waals surface area contributed by atoms with Gasteiger partial charge in [0.05, 0.1) is 21.9 Å². The van der Waals surface area contributed by atoms with E-state index >= 15 is 0 Å². The molecule has 0 atom stereocenters. The maximum absolute atomic E-state index is 9.36. The van der Waals surface area contributed by atoms with Gasteiger partial charge in [-0.15, -0.1) is 0 Å². The van der Waals surface area contributed by atoms with Crippen LogP contribution in [-0.2, 0) is 0 Å². The van der Waals surface area contributed by atoms with Gasteiger partial charge in [-0.2, -0.15) is 0 Å². The Kier molecular flexibility index (Phi) is 8.38. The first-order chi connectivity index (χ1) is 49.3. The van der Waals surface area contributed by atoms with Crippen molar-refractivity contribution in [2.75, 3.05) is 0 Å². The van der Waals surface area contributed by atoms with E-state index in [1.807, 2.05) is 200 Å². The lowest BCUT2D eigenvalue weighted by Crippen LogP contribution is -1.92. The smallest absolute Gasteiger partial charge is 0.136 e. The van der Waals surface area contributed by atoms with Crippen molar-refractivity contribution in [3.63, 3.8) is 0 Å². The largest absolute Gasteiger partial charge is 0.456 e. The SMILES string of the molecule is [2H]c1c([2H])c([2H])c2c(-c3ccc(-c4ccccc4)c4ccccc34)c3c([2H])c([2H])c([2H])c([2H])c3c(-c3ccc4c(c3)oc3ccccc34)c2c1[2H].[2H]c1c([2H])c([2H])c2c(-c3ccc4c(c3)oc3ccccc34)c3c([2H])c([2H])c([2H])c([2H])c3c(-c3ccc4cc(-c5ccccc5)ccc4c3)c2c1[2H]. The third kappa shape index (κ3) is 8.10. The van der Waals surface area contributed by atoms with Crippen LogP contribution in [0, 0.1) is 0 Å². The van der Waals surface area contributed by atoms with Crippen LogP contribution in [0.3, 0.4) is 0 Å². The molecule has 0 saturated carbocycles. The van der Waals surface area contributed by atoms with Crippen LogP contribution in [0.25, 0.3) is 175 Å². The fraction of sp³-hybridized carbons (Fsp3) is 0. The van der Waals surface area contributed by atoms with E-state index in [0.29, 0.717) is 61.3 Å². The number of furan rings is 2. The van der Waals surface area contributed by atoms with Crippen LogP contribution in [0.1, 0.15) is 21.9 Å². The summed E-state index contributed by atoms with van der Waals surface area (Å²) >= 11 is 0. The zero-order valence-electron chi connectivity index (χ0n) is 61.6. The normalized spacial score (nSPS) is 14.3. The molecule has 2 nitrogen and oxygen atoms in total. The van der Waals surface area contributed by atoms with Gasteiger partial charge < -0.3 is 8.83 Å². The van der Waals surface area contributed by atoms with Gasteiger partial charge in [0.15, 0.2) is 0 Å². The minimum atomic E-state index is -0.436. The van der Waals surface area contributed by atoms with E-state index in [-0.39, 0.29) is 97.0 Å². The Morgan fingerprint density at radius 3 is 0.988 bits per heavy atom. The molecule has 0 fully saturated rings. The van der Waals surface area contributed by atoms with Crippen molar-refractivity contribution < 1.29 is 30.8 Å². The molecule has 400 valence electrons. The molecule has 2 aromatic heterocycles. The number of rotatable bonds is 6. The highest BCUT2D eigenvalue weighted by Gasteiger charge is 2.22. The molecule has 86 heavy (non-hydrogen) atoms. The Morgan fingerprint density at radius 1 is 0.198 bits per heavy atom. The molecule has 0 aliphatic heterocycles. The van der Waals surface area contributed by atoms with Crippen LogP contribution in [0.15, 0.2) is 324 Å². The summed E-state index contributed by atoms with van der Waals surface area (Å²) in [6.07, 6.45) is 0. The van der Waals surface area contributed by atoms with Crippen molar-refractivity contribution in [1.82, 2.24) is 0 Å². The van der Waals surface area contributed by atoms with Crippen molar-refractivity contribution in [3.8, 4) is 66.8 Å². The van der Waals surface area contributed by atoms with Crippen LogP contribution in [0.2, 0.25) is 0 Å². The Hall–Kier alpha value is -11.3. The van der Waals surface area contributed by atoms with E-state index in [1.165, 1.54) is 0 Å². The summed E-state index contributed by atoms with van der Waals surface area (Å²) in [6, 6.07) is 63.8. The molecular weight excluding hydrogens is 1040 g/mol. The quantitative estimate of drug-likeness (QED) is 0.155. The molecule has 0 aliphatic rings. The monoisotopic (exact) mass is 1110 g/mol. The van der Waals surface area contributed by atoms with Gasteiger partial charge in [-0.1, -0.05) is 267 Å². The minimum Gasteiger partial charge on any atom is -0.456 e.